The van der Waals surface area contributed by atoms with E-state index < -0.39 is 0 Å². The third-order valence-electron chi connectivity index (χ3n) is 2.90. The van der Waals surface area contributed by atoms with Gasteiger partial charge in [-0.3, -0.25) is 0 Å². The maximum Gasteiger partial charge on any atom is 0.0933 e. The number of aromatic nitrogens is 2. The van der Waals surface area contributed by atoms with Crippen LogP contribution in [0.3, 0.4) is 0 Å². The quantitative estimate of drug-likeness (QED) is 0.811. The topological polar surface area (TPSA) is 25.8 Å². The average molecular weight is 249 g/mol. The van der Waals surface area contributed by atoms with Crippen molar-refractivity contribution in [2.24, 2.45) is 0 Å². The zero-order valence-electron chi connectivity index (χ0n) is 10.3. The first-order valence-electron chi connectivity index (χ1n) is 6.20. The van der Waals surface area contributed by atoms with E-state index in [1.165, 1.54) is 5.56 Å². The summed E-state index contributed by atoms with van der Waals surface area (Å²) in [5.41, 5.74) is 3.39. The molecule has 0 atom stereocenters. The van der Waals surface area contributed by atoms with E-state index in [2.05, 4.69) is 24.0 Å². The van der Waals surface area contributed by atoms with Gasteiger partial charge in [-0.25, -0.2) is 0 Å². The number of hydrogen-bond acceptors (Lipinski definition) is 2. The highest BCUT2D eigenvalue weighted by atomic mass is 35.5. The molecule has 2 rings (SSSR count). The maximum absolute atomic E-state index is 6.07. The fourth-order valence-electron chi connectivity index (χ4n) is 2.13. The van der Waals surface area contributed by atoms with Gasteiger partial charge in [0.2, 0.25) is 0 Å². The maximum atomic E-state index is 6.07. The lowest BCUT2D eigenvalue weighted by Gasteiger charge is -2.10. The van der Waals surface area contributed by atoms with Crippen LogP contribution in [0.4, 0.5) is 0 Å². The van der Waals surface area contributed by atoms with E-state index in [1.807, 2.05) is 18.2 Å². The summed E-state index contributed by atoms with van der Waals surface area (Å²) in [4.78, 5) is 0. The minimum Gasteiger partial charge on any atom is -0.155 e. The van der Waals surface area contributed by atoms with Gasteiger partial charge in [0.15, 0.2) is 0 Å². The molecule has 0 aliphatic heterocycles. The van der Waals surface area contributed by atoms with Crippen molar-refractivity contribution in [1.82, 2.24) is 10.2 Å². The summed E-state index contributed by atoms with van der Waals surface area (Å²) in [7, 11) is 0. The van der Waals surface area contributed by atoms with Gasteiger partial charge in [0.25, 0.3) is 0 Å². The Bertz CT molecular complexity index is 523. The Morgan fingerprint density at radius 1 is 1.06 bits per heavy atom. The Hall–Kier alpha value is -1.15. The Balaban J connectivity index is 2.63. The predicted molar refractivity (Wildman–Crippen MR) is 72.5 cm³/mol. The van der Waals surface area contributed by atoms with E-state index in [0.29, 0.717) is 0 Å². The summed E-state index contributed by atoms with van der Waals surface area (Å²) in [5, 5.41) is 10.6. The van der Waals surface area contributed by atoms with Crippen LogP contribution in [0.25, 0.3) is 10.9 Å². The zero-order valence-corrected chi connectivity index (χ0v) is 11.1. The molecule has 0 unspecified atom stereocenters. The van der Waals surface area contributed by atoms with E-state index in [-0.39, 0.29) is 0 Å². The van der Waals surface area contributed by atoms with Crippen LogP contribution in [0.15, 0.2) is 18.2 Å². The van der Waals surface area contributed by atoms with Gasteiger partial charge in [-0.05, 0) is 36.6 Å². The van der Waals surface area contributed by atoms with E-state index in [9.17, 15) is 0 Å². The van der Waals surface area contributed by atoms with Crippen molar-refractivity contribution in [1.29, 1.82) is 0 Å². The van der Waals surface area contributed by atoms with Crippen molar-refractivity contribution in [3.63, 3.8) is 0 Å². The first-order chi connectivity index (χ1) is 8.26. The number of fused-ring (bicyclic) bond motifs is 1. The van der Waals surface area contributed by atoms with Gasteiger partial charge >= 0.3 is 0 Å². The van der Waals surface area contributed by atoms with Crippen molar-refractivity contribution in [3.05, 3.63) is 34.5 Å². The highest BCUT2D eigenvalue weighted by molar-refractivity contribution is 6.31. The van der Waals surface area contributed by atoms with Gasteiger partial charge in [-0.1, -0.05) is 38.3 Å². The standard InChI is InChI=1S/C14H17ClN2/c1-3-5-11-12-9-10(15)7-8-14(12)17-16-13(11)6-4-2/h7-9H,3-6H2,1-2H3. The van der Waals surface area contributed by atoms with Crippen molar-refractivity contribution in [3.8, 4) is 0 Å². The highest BCUT2D eigenvalue weighted by Crippen LogP contribution is 2.24. The lowest BCUT2D eigenvalue weighted by atomic mass is 10.0. The second-order valence-electron chi connectivity index (χ2n) is 4.29. The van der Waals surface area contributed by atoms with Crippen molar-refractivity contribution >= 4 is 22.5 Å². The fraction of sp³-hybridized carbons (Fsp3) is 0.429. The van der Waals surface area contributed by atoms with E-state index >= 15 is 0 Å². The molecule has 0 radical (unpaired) electrons. The summed E-state index contributed by atoms with van der Waals surface area (Å²) in [6.45, 7) is 4.35. The van der Waals surface area contributed by atoms with Gasteiger partial charge in [0, 0.05) is 10.4 Å². The van der Waals surface area contributed by atoms with Crippen LogP contribution in [0.5, 0.6) is 0 Å². The molecule has 0 amide bonds. The van der Waals surface area contributed by atoms with Crippen molar-refractivity contribution < 1.29 is 0 Å². The number of hydrogen-bond donors (Lipinski definition) is 0. The summed E-state index contributed by atoms with van der Waals surface area (Å²) in [5.74, 6) is 0. The number of nitrogens with zero attached hydrogens (tertiary/aromatic N) is 2. The molecule has 17 heavy (non-hydrogen) atoms. The lowest BCUT2D eigenvalue weighted by molar-refractivity contribution is 0.807. The molecule has 1 aromatic carbocycles. The minimum atomic E-state index is 0.769. The number of aryl methyl sites for hydroxylation is 2. The summed E-state index contributed by atoms with van der Waals surface area (Å²) >= 11 is 6.07. The molecular formula is C14H17ClN2. The first-order valence-corrected chi connectivity index (χ1v) is 6.57. The Morgan fingerprint density at radius 3 is 2.53 bits per heavy atom. The molecule has 0 bridgehead atoms. The molecule has 0 fully saturated rings. The van der Waals surface area contributed by atoms with Crippen LogP contribution in [0.1, 0.15) is 37.9 Å². The number of rotatable bonds is 4. The summed E-state index contributed by atoms with van der Waals surface area (Å²) < 4.78 is 0. The predicted octanol–water partition coefficient (Wildman–Crippen LogP) is 4.19. The Labute approximate surface area is 107 Å². The molecule has 90 valence electrons. The van der Waals surface area contributed by atoms with E-state index in [1.54, 1.807) is 0 Å². The molecule has 2 nitrogen and oxygen atoms in total. The van der Waals surface area contributed by atoms with E-state index in [4.69, 9.17) is 11.6 Å². The molecule has 1 aromatic heterocycles. The normalized spacial score (nSPS) is 11.0. The van der Waals surface area contributed by atoms with Crippen molar-refractivity contribution in [2.45, 2.75) is 39.5 Å². The molecule has 0 saturated carbocycles. The Kier molecular flexibility index (Phi) is 3.95. The van der Waals surface area contributed by atoms with Crippen LogP contribution in [-0.4, -0.2) is 10.2 Å². The smallest absolute Gasteiger partial charge is 0.0933 e. The van der Waals surface area contributed by atoms with Crippen LogP contribution in [0, 0.1) is 0 Å². The van der Waals surface area contributed by atoms with Gasteiger partial charge in [0.05, 0.1) is 11.2 Å². The SMILES string of the molecule is CCCc1nnc2ccc(Cl)cc2c1CCC. The van der Waals surface area contributed by atoms with Crippen LogP contribution in [-0.2, 0) is 12.8 Å². The lowest BCUT2D eigenvalue weighted by Crippen LogP contribution is -2.01. The van der Waals surface area contributed by atoms with Crippen LogP contribution < -0.4 is 0 Å². The molecule has 0 aliphatic carbocycles. The number of halogens is 1. The van der Waals surface area contributed by atoms with Crippen LogP contribution >= 0.6 is 11.6 Å². The monoisotopic (exact) mass is 248 g/mol. The third kappa shape index (κ3) is 2.58. The molecule has 3 heteroatoms. The summed E-state index contributed by atoms with van der Waals surface area (Å²) in [6.07, 6.45) is 4.24. The molecule has 0 spiro atoms. The molecule has 0 saturated heterocycles. The molecule has 2 aromatic rings. The zero-order chi connectivity index (χ0) is 12.3. The van der Waals surface area contributed by atoms with Gasteiger partial charge < -0.3 is 0 Å². The van der Waals surface area contributed by atoms with Gasteiger partial charge in [0.1, 0.15) is 0 Å². The molecule has 1 heterocycles. The second-order valence-corrected chi connectivity index (χ2v) is 4.72. The third-order valence-corrected chi connectivity index (χ3v) is 3.13. The molecular weight excluding hydrogens is 232 g/mol. The first kappa shape index (κ1) is 12.3. The van der Waals surface area contributed by atoms with Gasteiger partial charge in [-0.15, -0.1) is 0 Å². The number of benzene rings is 1. The average Bonchev–Trinajstić information content (AvgIpc) is 2.33. The minimum absolute atomic E-state index is 0.769. The summed E-state index contributed by atoms with van der Waals surface area (Å²) in [6, 6.07) is 5.82. The molecule has 0 N–H and O–H groups in total. The Morgan fingerprint density at radius 2 is 1.82 bits per heavy atom. The van der Waals surface area contributed by atoms with Crippen molar-refractivity contribution in [2.75, 3.05) is 0 Å². The van der Waals surface area contributed by atoms with Gasteiger partial charge in [-0.2, -0.15) is 10.2 Å². The second kappa shape index (κ2) is 5.46. The van der Waals surface area contributed by atoms with Crippen LogP contribution in [0.2, 0.25) is 5.02 Å². The largest absolute Gasteiger partial charge is 0.155 e. The molecule has 0 aliphatic rings. The highest BCUT2D eigenvalue weighted by Gasteiger charge is 2.09. The fourth-order valence-corrected chi connectivity index (χ4v) is 2.31. The van der Waals surface area contributed by atoms with E-state index in [0.717, 1.165) is 47.3 Å².